The van der Waals surface area contributed by atoms with Crippen LogP contribution in [0.1, 0.15) is 35.4 Å². The number of piperidine rings is 1. The SMILES string of the molecule is Cc1c(-c2ccc(F)cc2)cccc1C1CCN(C/C=C/c2ccccc2)CC1. The van der Waals surface area contributed by atoms with Crippen molar-refractivity contribution in [1.82, 2.24) is 4.90 Å². The summed E-state index contributed by atoms with van der Waals surface area (Å²) in [7, 11) is 0. The van der Waals surface area contributed by atoms with Crippen LogP contribution in [0.4, 0.5) is 4.39 Å². The fraction of sp³-hybridized carbons (Fsp3) is 0.259. The van der Waals surface area contributed by atoms with E-state index in [1.54, 1.807) is 12.1 Å². The summed E-state index contributed by atoms with van der Waals surface area (Å²) in [5.74, 6) is 0.418. The van der Waals surface area contributed by atoms with Gasteiger partial charge in [0, 0.05) is 6.54 Å². The van der Waals surface area contributed by atoms with Crippen LogP contribution in [-0.4, -0.2) is 24.5 Å². The third-order valence-corrected chi connectivity index (χ3v) is 6.03. The molecule has 0 radical (unpaired) electrons. The van der Waals surface area contributed by atoms with Gasteiger partial charge in [0.15, 0.2) is 0 Å². The van der Waals surface area contributed by atoms with Crippen molar-refractivity contribution in [3.8, 4) is 11.1 Å². The van der Waals surface area contributed by atoms with Crippen molar-refractivity contribution in [1.29, 1.82) is 0 Å². The van der Waals surface area contributed by atoms with Crippen LogP contribution in [0, 0.1) is 12.7 Å². The Hall–Kier alpha value is -2.71. The van der Waals surface area contributed by atoms with Crippen LogP contribution in [0.25, 0.3) is 17.2 Å². The second-order valence-electron chi connectivity index (χ2n) is 7.91. The lowest BCUT2D eigenvalue weighted by atomic mass is 9.84. The highest BCUT2D eigenvalue weighted by Crippen LogP contribution is 2.34. The fourth-order valence-electron chi connectivity index (χ4n) is 4.37. The van der Waals surface area contributed by atoms with E-state index in [9.17, 15) is 4.39 Å². The van der Waals surface area contributed by atoms with Gasteiger partial charge in [-0.3, -0.25) is 4.90 Å². The number of nitrogens with zero attached hydrogens (tertiary/aromatic N) is 1. The first-order valence-electron chi connectivity index (χ1n) is 10.5. The predicted molar refractivity (Wildman–Crippen MR) is 120 cm³/mol. The Bertz CT molecular complexity index is 952. The maximum absolute atomic E-state index is 13.3. The van der Waals surface area contributed by atoms with Crippen LogP contribution in [0.15, 0.2) is 78.9 Å². The van der Waals surface area contributed by atoms with E-state index in [1.165, 1.54) is 35.1 Å². The molecule has 0 bridgehead atoms. The summed E-state index contributed by atoms with van der Waals surface area (Å²) in [6, 6.07) is 23.9. The molecule has 1 aliphatic rings. The monoisotopic (exact) mass is 385 g/mol. The van der Waals surface area contributed by atoms with Crippen LogP contribution < -0.4 is 0 Å². The number of benzene rings is 3. The van der Waals surface area contributed by atoms with Crippen LogP contribution in [-0.2, 0) is 0 Å². The molecular weight excluding hydrogens is 357 g/mol. The molecule has 0 aliphatic carbocycles. The van der Waals surface area contributed by atoms with Crippen molar-refractivity contribution < 1.29 is 4.39 Å². The average molecular weight is 386 g/mol. The first kappa shape index (κ1) is 19.6. The van der Waals surface area contributed by atoms with Gasteiger partial charge < -0.3 is 0 Å². The Morgan fingerprint density at radius 1 is 0.897 bits per heavy atom. The maximum Gasteiger partial charge on any atom is 0.123 e. The van der Waals surface area contributed by atoms with E-state index in [-0.39, 0.29) is 5.82 Å². The van der Waals surface area contributed by atoms with Gasteiger partial charge in [0.1, 0.15) is 5.82 Å². The van der Waals surface area contributed by atoms with E-state index in [0.717, 1.165) is 25.2 Å². The molecule has 2 heteroatoms. The standard InChI is InChI=1S/C27H28FN/c1-21-26(23-12-14-25(28)15-13-23)10-5-11-27(21)24-16-19-29(20-17-24)18-6-9-22-7-3-2-4-8-22/h2-15,24H,16-20H2,1H3/b9-6+. The number of hydrogen-bond donors (Lipinski definition) is 0. The van der Waals surface area contributed by atoms with Crippen molar-refractivity contribution in [2.45, 2.75) is 25.7 Å². The zero-order valence-corrected chi connectivity index (χ0v) is 17.0. The molecule has 3 aromatic carbocycles. The number of hydrogen-bond acceptors (Lipinski definition) is 1. The van der Waals surface area contributed by atoms with E-state index in [2.05, 4.69) is 72.5 Å². The molecule has 0 amide bonds. The molecule has 1 saturated heterocycles. The lowest BCUT2D eigenvalue weighted by molar-refractivity contribution is 0.232. The van der Waals surface area contributed by atoms with Crippen LogP contribution in [0.2, 0.25) is 0 Å². The molecule has 3 aromatic rings. The van der Waals surface area contributed by atoms with Crippen molar-refractivity contribution >= 4 is 6.08 Å². The molecule has 1 aliphatic heterocycles. The van der Waals surface area contributed by atoms with Gasteiger partial charge in [-0.05, 0) is 78.7 Å². The highest BCUT2D eigenvalue weighted by Gasteiger charge is 2.22. The van der Waals surface area contributed by atoms with Gasteiger partial charge in [-0.1, -0.05) is 72.8 Å². The minimum Gasteiger partial charge on any atom is -0.300 e. The van der Waals surface area contributed by atoms with Gasteiger partial charge in [0.25, 0.3) is 0 Å². The highest BCUT2D eigenvalue weighted by atomic mass is 19.1. The summed E-state index contributed by atoms with van der Waals surface area (Å²) in [5, 5.41) is 0. The van der Waals surface area contributed by atoms with Gasteiger partial charge in [-0.15, -0.1) is 0 Å². The molecule has 0 atom stereocenters. The smallest absolute Gasteiger partial charge is 0.123 e. The highest BCUT2D eigenvalue weighted by molar-refractivity contribution is 5.68. The summed E-state index contributed by atoms with van der Waals surface area (Å²) in [4.78, 5) is 2.54. The number of rotatable bonds is 5. The first-order chi connectivity index (χ1) is 14.2. The Balaban J connectivity index is 1.39. The van der Waals surface area contributed by atoms with E-state index >= 15 is 0 Å². The molecule has 29 heavy (non-hydrogen) atoms. The van der Waals surface area contributed by atoms with Crippen LogP contribution >= 0.6 is 0 Å². The summed E-state index contributed by atoms with van der Waals surface area (Å²) in [6.45, 7) is 5.48. The summed E-state index contributed by atoms with van der Waals surface area (Å²) in [6.07, 6.45) is 6.86. The van der Waals surface area contributed by atoms with E-state index in [0.29, 0.717) is 5.92 Å². The lowest BCUT2D eigenvalue weighted by Crippen LogP contribution is -2.33. The third-order valence-electron chi connectivity index (χ3n) is 6.03. The zero-order valence-electron chi connectivity index (χ0n) is 17.0. The van der Waals surface area contributed by atoms with Gasteiger partial charge in [0.05, 0.1) is 0 Å². The summed E-state index contributed by atoms with van der Waals surface area (Å²) >= 11 is 0. The molecule has 4 rings (SSSR count). The second-order valence-corrected chi connectivity index (χ2v) is 7.91. The summed E-state index contributed by atoms with van der Waals surface area (Å²) in [5.41, 5.74) is 6.36. The minimum atomic E-state index is -0.184. The van der Waals surface area contributed by atoms with Gasteiger partial charge in [0.2, 0.25) is 0 Å². The van der Waals surface area contributed by atoms with Crippen molar-refractivity contribution in [3.05, 3.63) is 101 Å². The Labute approximate surface area is 173 Å². The molecule has 148 valence electrons. The zero-order chi connectivity index (χ0) is 20.1. The largest absolute Gasteiger partial charge is 0.300 e. The van der Waals surface area contributed by atoms with Crippen molar-refractivity contribution in [2.24, 2.45) is 0 Å². The first-order valence-corrected chi connectivity index (χ1v) is 10.5. The van der Waals surface area contributed by atoms with Gasteiger partial charge >= 0.3 is 0 Å². The third kappa shape index (κ3) is 4.83. The topological polar surface area (TPSA) is 3.24 Å². The predicted octanol–water partition coefficient (Wildman–Crippen LogP) is 6.69. The Morgan fingerprint density at radius 3 is 2.34 bits per heavy atom. The normalized spacial score (nSPS) is 15.8. The minimum absolute atomic E-state index is 0.184. The average Bonchev–Trinajstić information content (AvgIpc) is 2.76. The summed E-state index contributed by atoms with van der Waals surface area (Å²) < 4.78 is 13.3. The Morgan fingerprint density at radius 2 is 1.62 bits per heavy atom. The molecule has 0 aromatic heterocycles. The van der Waals surface area contributed by atoms with E-state index in [1.807, 2.05) is 12.1 Å². The molecule has 1 fully saturated rings. The van der Waals surface area contributed by atoms with E-state index < -0.39 is 0 Å². The molecular formula is C27H28FN. The van der Waals surface area contributed by atoms with Crippen LogP contribution in [0.3, 0.4) is 0 Å². The molecule has 0 unspecified atom stereocenters. The molecule has 0 N–H and O–H groups in total. The molecule has 0 spiro atoms. The van der Waals surface area contributed by atoms with Gasteiger partial charge in [-0.25, -0.2) is 4.39 Å². The maximum atomic E-state index is 13.3. The molecule has 1 nitrogen and oxygen atoms in total. The molecule has 1 heterocycles. The fourth-order valence-corrected chi connectivity index (χ4v) is 4.37. The van der Waals surface area contributed by atoms with Crippen LogP contribution in [0.5, 0.6) is 0 Å². The van der Waals surface area contributed by atoms with E-state index in [4.69, 9.17) is 0 Å². The lowest BCUT2D eigenvalue weighted by Gasteiger charge is -2.32. The van der Waals surface area contributed by atoms with Gasteiger partial charge in [-0.2, -0.15) is 0 Å². The van der Waals surface area contributed by atoms with Crippen molar-refractivity contribution in [2.75, 3.05) is 19.6 Å². The second kappa shape index (κ2) is 9.19. The quantitative estimate of drug-likeness (QED) is 0.473. The molecule has 0 saturated carbocycles. The number of likely N-dealkylation sites (tertiary alicyclic amines) is 1. The Kier molecular flexibility index (Phi) is 6.21. The number of halogens is 1. The van der Waals surface area contributed by atoms with Crippen molar-refractivity contribution in [3.63, 3.8) is 0 Å².